The van der Waals surface area contributed by atoms with Crippen LogP contribution in [0.5, 0.6) is 0 Å². The van der Waals surface area contributed by atoms with Crippen molar-refractivity contribution >= 4 is 70.7 Å². The van der Waals surface area contributed by atoms with Gasteiger partial charge in [-0.25, -0.2) is 0 Å². The monoisotopic (exact) mass is 385 g/mol. The van der Waals surface area contributed by atoms with Crippen molar-refractivity contribution in [2.45, 2.75) is 2.33 Å². The molecule has 0 aliphatic heterocycles. The second-order valence-corrected chi connectivity index (χ2v) is 7.67. The average Bonchev–Trinajstić information content (AvgIpc) is 1.35. The van der Waals surface area contributed by atoms with Gasteiger partial charge in [0.25, 0.3) is 0 Å². The van der Waals surface area contributed by atoms with Crippen LogP contribution in [0.4, 0.5) is 0 Å². The summed E-state index contributed by atoms with van der Waals surface area (Å²) in [5.74, 6) is 0. The fourth-order valence-electron chi connectivity index (χ4n) is 0. The van der Waals surface area contributed by atoms with E-state index in [9.17, 15) is 0 Å². The van der Waals surface area contributed by atoms with E-state index in [4.69, 9.17) is 3.07 Å². The van der Waals surface area contributed by atoms with Gasteiger partial charge in [0.15, 0.2) is 0 Å². The van der Waals surface area contributed by atoms with Crippen LogP contribution in [0, 0.1) is 0 Å². The van der Waals surface area contributed by atoms with Crippen LogP contribution in [0.1, 0.15) is 0 Å². The van der Waals surface area contributed by atoms with Crippen molar-refractivity contribution in [2.24, 2.45) is 0 Å². The maximum absolute atomic E-state index is 4.78. The van der Waals surface area contributed by atoms with E-state index < -0.39 is 2.33 Å². The first kappa shape index (κ1) is 8.20. The molecule has 0 aliphatic rings. The third-order valence-corrected chi connectivity index (χ3v) is 4.03. The van der Waals surface area contributed by atoms with Crippen LogP contribution in [0.15, 0.2) is 0 Å². The van der Waals surface area contributed by atoms with Gasteiger partial charge in [0, 0.05) is 0 Å². The Kier molecular flexibility index (Phi) is 4.47. The van der Waals surface area contributed by atoms with E-state index in [0.717, 1.165) is 22.9 Å². The van der Waals surface area contributed by atoms with Crippen LogP contribution in [-0.4, -0.2) is 25.3 Å². The molecule has 5 heteroatoms. The van der Waals surface area contributed by atoms with Crippen LogP contribution in [0.3, 0.4) is 0 Å². The molecule has 0 N–H and O–H groups in total. The van der Waals surface area contributed by atoms with Crippen molar-refractivity contribution < 1.29 is 3.07 Å². The van der Waals surface area contributed by atoms with Gasteiger partial charge in [-0.3, -0.25) is 0 Å². The third-order valence-electron chi connectivity index (χ3n) is 0.116. The number of alkyl halides is 3. The molecule has 0 heterocycles. The fraction of sp³-hybridized carbons (Fsp3) is 1.00. The van der Waals surface area contributed by atoms with E-state index in [1.54, 1.807) is 0 Å². The van der Waals surface area contributed by atoms with Crippen LogP contribution in [0.25, 0.3) is 0 Å². The van der Waals surface area contributed by atoms with Gasteiger partial charge in [0.1, 0.15) is 0 Å². The molecule has 0 saturated heterocycles. The predicted molar refractivity (Wildman–Crippen MR) is 36.4 cm³/mol. The topological polar surface area (TPSA) is 9.23 Å². The van der Waals surface area contributed by atoms with Crippen LogP contribution < -0.4 is 0 Å². The number of hydrogen-bond donors (Lipinski definition) is 0. The van der Waals surface area contributed by atoms with E-state index in [1.807, 2.05) is 0 Å². The Morgan fingerprint density at radius 2 is 1.50 bits per heavy atom. The summed E-state index contributed by atoms with van der Waals surface area (Å²) in [6, 6.07) is 0. The molecular weight excluding hydrogens is 386 g/mol. The summed E-state index contributed by atoms with van der Waals surface area (Å²) in [6.07, 6.45) is 0. The molecule has 0 atom stereocenters. The number of rotatable bonds is 0. The van der Waals surface area contributed by atoms with Crippen LogP contribution in [0.2, 0.25) is 0 Å². The quantitative estimate of drug-likeness (QED) is 0.456. The van der Waals surface area contributed by atoms with E-state index in [1.165, 1.54) is 0 Å². The fourth-order valence-corrected chi connectivity index (χ4v) is 0. The maximum atomic E-state index is 4.78. The Morgan fingerprint density at radius 3 is 1.50 bits per heavy atom. The minimum absolute atomic E-state index is 0.481. The summed E-state index contributed by atoms with van der Waals surface area (Å²) in [5.41, 5.74) is 0. The summed E-state index contributed by atoms with van der Waals surface area (Å²) >= 11 is 10.3. The zero-order valence-corrected chi connectivity index (χ0v) is 10.2. The molecule has 0 amide bonds. The Morgan fingerprint density at radius 1 is 1.33 bits per heavy atom. The van der Waals surface area contributed by atoms with Crippen molar-refractivity contribution in [3.63, 3.8) is 0 Å². The average molecular weight is 386 g/mol. The van der Waals surface area contributed by atoms with Crippen molar-refractivity contribution in [3.05, 3.63) is 0 Å². The first-order valence-electron chi connectivity index (χ1n) is 0.975. The van der Waals surface area contributed by atoms with Crippen molar-refractivity contribution in [1.29, 1.82) is 0 Å². The molecule has 3 radical (unpaired) electrons. The zero-order valence-electron chi connectivity index (χ0n) is 2.54. The van der Waals surface area contributed by atoms with E-state index in [0.29, 0.717) is 0 Å². The van der Waals surface area contributed by atoms with E-state index >= 15 is 0 Å². The molecule has 0 rings (SSSR count). The second kappa shape index (κ2) is 3.27. The van der Waals surface area contributed by atoms with Gasteiger partial charge >= 0.3 is 76.1 Å². The van der Waals surface area contributed by atoms with Gasteiger partial charge in [-0.2, -0.15) is 0 Å². The van der Waals surface area contributed by atoms with Gasteiger partial charge in [-0.15, -0.1) is 0 Å². The number of hydrogen-bond acceptors (Lipinski definition) is 1. The molecule has 1 nitrogen and oxygen atoms in total. The van der Waals surface area contributed by atoms with Crippen molar-refractivity contribution in [3.8, 4) is 0 Å². The molecule has 6 heavy (non-hydrogen) atoms. The van der Waals surface area contributed by atoms with Crippen molar-refractivity contribution in [1.82, 2.24) is 0 Å². The standard InChI is InChI=1S/CBr3O.Sn/c2-1(3,4)5;/q-1;+1. The molecule has 0 aromatic carbocycles. The van der Waals surface area contributed by atoms with Gasteiger partial charge in [-0.05, 0) is 0 Å². The predicted octanol–water partition coefficient (Wildman–Crippen LogP) is 1.88. The van der Waals surface area contributed by atoms with E-state index in [-0.39, 0.29) is 0 Å². The van der Waals surface area contributed by atoms with Gasteiger partial charge in [0.05, 0.1) is 0 Å². The third kappa shape index (κ3) is 6.20. The first-order valence-corrected chi connectivity index (χ1v) is 4.52. The van der Waals surface area contributed by atoms with Crippen molar-refractivity contribution in [2.75, 3.05) is 0 Å². The molecule has 0 aliphatic carbocycles. The zero-order chi connectivity index (χ0) is 5.21. The molecule has 0 fully saturated rings. The Balaban J connectivity index is 3.17. The van der Waals surface area contributed by atoms with Gasteiger partial charge in [-0.1, -0.05) is 0 Å². The summed E-state index contributed by atoms with van der Waals surface area (Å²) in [4.78, 5) is 0. The molecule has 0 bridgehead atoms. The van der Waals surface area contributed by atoms with E-state index in [2.05, 4.69) is 47.8 Å². The Hall–Kier alpha value is 2.20. The molecule has 0 saturated carbocycles. The summed E-state index contributed by atoms with van der Waals surface area (Å²) in [5, 5.41) is 0. The summed E-state index contributed by atoms with van der Waals surface area (Å²) in [7, 11) is 0. The molecule has 0 aromatic heterocycles. The van der Waals surface area contributed by atoms with Crippen LogP contribution >= 0.6 is 47.8 Å². The Bertz CT molecular complexity index is 40.5. The second-order valence-electron chi connectivity index (χ2n) is 0.548. The molecule has 0 aromatic rings. The minimum atomic E-state index is -0.481. The van der Waals surface area contributed by atoms with Gasteiger partial charge < -0.3 is 0 Å². The first-order chi connectivity index (χ1) is 2.56. The molecule has 35 valence electrons. The Labute approximate surface area is 75.2 Å². The molecular formula is CBr3OSn. The SMILES string of the molecule is BrC(Br)(Br)[O][Sn]. The normalized spacial score (nSPS) is 12.0. The summed E-state index contributed by atoms with van der Waals surface area (Å²) in [6.45, 7) is 0. The molecule has 0 spiro atoms. The molecule has 0 unspecified atom stereocenters. The number of halogens is 3. The van der Waals surface area contributed by atoms with Crippen LogP contribution in [-0.2, 0) is 3.07 Å². The van der Waals surface area contributed by atoms with Gasteiger partial charge in [0.2, 0.25) is 0 Å². The summed E-state index contributed by atoms with van der Waals surface area (Å²) < 4.78 is 4.30.